The third-order valence-corrected chi connectivity index (χ3v) is 7.79. The van der Waals surface area contributed by atoms with Crippen LogP contribution in [0.5, 0.6) is 5.75 Å². The van der Waals surface area contributed by atoms with Gasteiger partial charge in [-0.25, -0.2) is 13.2 Å². The summed E-state index contributed by atoms with van der Waals surface area (Å²) in [4.78, 5) is 35.2. The Morgan fingerprint density at radius 3 is 2.10 bits per heavy atom. The number of rotatable bonds is 11. The van der Waals surface area contributed by atoms with E-state index in [-0.39, 0.29) is 10.7 Å². The van der Waals surface area contributed by atoms with Gasteiger partial charge in [-0.15, -0.1) is 0 Å². The number of furan rings is 1. The number of carbonyl (C=O) groups excluding carboxylic acids is 1. The number of amides is 1. The first kappa shape index (κ1) is 29.3. The average Bonchev–Trinajstić information content (AvgIpc) is 3.28. The number of nitrogens with one attached hydrogen (secondary N) is 2. The van der Waals surface area contributed by atoms with Gasteiger partial charge in [-0.1, -0.05) is 44.2 Å². The third kappa shape index (κ3) is 6.56. The fourth-order valence-corrected chi connectivity index (χ4v) is 5.55. The number of benzene rings is 3. The van der Waals surface area contributed by atoms with E-state index in [1.54, 1.807) is 75.4 Å². The van der Waals surface area contributed by atoms with Crippen molar-refractivity contribution >= 4 is 44.5 Å². The van der Waals surface area contributed by atoms with Gasteiger partial charge in [0.25, 0.3) is 5.91 Å². The molecule has 1 unspecified atom stereocenters. The molecule has 0 spiro atoms. The van der Waals surface area contributed by atoms with Crippen LogP contribution in [0.25, 0.3) is 22.1 Å². The first-order valence-electron chi connectivity index (χ1n) is 12.5. The van der Waals surface area contributed by atoms with E-state index in [0.717, 1.165) is 5.56 Å². The lowest BCUT2D eigenvalue weighted by molar-refractivity contribution is -0.140. The molecule has 0 saturated carbocycles. The maximum Gasteiger partial charge on any atom is 0.341 e. The SMILES string of the molecule is Cc1c(C(=O)Nc2ccc(-c3ccc(S(=O)(=O)NC(C(=O)O)C(C)C)cc3)cc2)oc2cccc(OCC(=O)O)c12. The van der Waals surface area contributed by atoms with Crippen LogP contribution in [-0.4, -0.2) is 49.1 Å². The van der Waals surface area contributed by atoms with Gasteiger partial charge in [-0.3, -0.25) is 9.59 Å². The number of hydrogen-bond donors (Lipinski definition) is 4. The number of fused-ring (bicyclic) bond motifs is 1. The second-order valence-corrected chi connectivity index (χ2v) is 11.3. The topological polar surface area (TPSA) is 172 Å². The van der Waals surface area contributed by atoms with Gasteiger partial charge in [0.15, 0.2) is 12.4 Å². The quantitative estimate of drug-likeness (QED) is 0.199. The molecular weight excluding hydrogens is 552 g/mol. The van der Waals surface area contributed by atoms with Crippen molar-refractivity contribution in [2.45, 2.75) is 31.7 Å². The maximum absolute atomic E-state index is 13.0. The molecule has 11 nitrogen and oxygen atoms in total. The predicted molar refractivity (Wildman–Crippen MR) is 150 cm³/mol. The van der Waals surface area contributed by atoms with Crippen LogP contribution in [0.4, 0.5) is 5.69 Å². The van der Waals surface area contributed by atoms with E-state index in [1.165, 1.54) is 12.1 Å². The van der Waals surface area contributed by atoms with Crippen LogP contribution in [-0.2, 0) is 19.6 Å². The largest absolute Gasteiger partial charge is 0.481 e. The molecule has 1 atom stereocenters. The second kappa shape index (κ2) is 11.8. The number of sulfonamides is 1. The normalized spacial score (nSPS) is 12.3. The molecule has 0 saturated heterocycles. The Morgan fingerprint density at radius 2 is 1.54 bits per heavy atom. The van der Waals surface area contributed by atoms with Crippen LogP contribution >= 0.6 is 0 Å². The van der Waals surface area contributed by atoms with E-state index < -0.39 is 46.4 Å². The summed E-state index contributed by atoms with van der Waals surface area (Å²) in [7, 11) is -4.04. The zero-order valence-corrected chi connectivity index (χ0v) is 23.2. The highest BCUT2D eigenvalue weighted by Gasteiger charge is 2.28. The summed E-state index contributed by atoms with van der Waals surface area (Å²) in [5, 5.41) is 21.5. The van der Waals surface area contributed by atoms with Crippen LogP contribution < -0.4 is 14.8 Å². The molecule has 214 valence electrons. The van der Waals surface area contributed by atoms with Crippen molar-refractivity contribution in [3.8, 4) is 16.9 Å². The first-order valence-corrected chi connectivity index (χ1v) is 14.0. The third-order valence-electron chi connectivity index (χ3n) is 6.33. The predicted octanol–water partition coefficient (Wildman–Crippen LogP) is 4.51. The van der Waals surface area contributed by atoms with E-state index >= 15 is 0 Å². The number of carbonyl (C=O) groups is 3. The molecule has 0 fully saturated rings. The van der Waals surface area contributed by atoms with Crippen molar-refractivity contribution in [2.75, 3.05) is 11.9 Å². The molecule has 1 heterocycles. The Morgan fingerprint density at radius 1 is 0.927 bits per heavy atom. The highest BCUT2D eigenvalue weighted by Crippen LogP contribution is 2.33. The van der Waals surface area contributed by atoms with Gasteiger partial charge in [0.1, 0.15) is 17.4 Å². The molecule has 1 aromatic heterocycles. The Bertz CT molecular complexity index is 1710. The van der Waals surface area contributed by atoms with Crippen molar-refractivity contribution in [2.24, 2.45) is 5.92 Å². The van der Waals surface area contributed by atoms with Gasteiger partial charge >= 0.3 is 11.9 Å². The van der Waals surface area contributed by atoms with E-state index in [0.29, 0.717) is 33.5 Å². The van der Waals surface area contributed by atoms with Crippen LogP contribution in [0, 0.1) is 12.8 Å². The molecule has 0 aliphatic heterocycles. The molecule has 12 heteroatoms. The van der Waals surface area contributed by atoms with E-state index in [4.69, 9.17) is 14.3 Å². The van der Waals surface area contributed by atoms with Gasteiger partial charge in [0.05, 0.1) is 10.3 Å². The monoisotopic (exact) mass is 580 g/mol. The number of aryl methyl sites for hydroxylation is 1. The van der Waals surface area contributed by atoms with Crippen molar-refractivity contribution in [1.29, 1.82) is 0 Å². The summed E-state index contributed by atoms with van der Waals surface area (Å²) in [6, 6.07) is 16.5. The molecular formula is C29H28N2O9S. The number of aliphatic carboxylic acids is 2. The van der Waals surface area contributed by atoms with Gasteiger partial charge in [-0.2, -0.15) is 4.72 Å². The van der Waals surface area contributed by atoms with E-state index in [1.807, 2.05) is 0 Å². The molecule has 0 aliphatic carbocycles. The van der Waals surface area contributed by atoms with Gasteiger partial charge in [0, 0.05) is 11.3 Å². The number of anilines is 1. The van der Waals surface area contributed by atoms with Gasteiger partial charge < -0.3 is 24.7 Å². The lowest BCUT2D eigenvalue weighted by Crippen LogP contribution is -2.44. The summed E-state index contributed by atoms with van der Waals surface area (Å²) in [5.41, 5.74) is 2.84. The molecule has 0 bridgehead atoms. The van der Waals surface area contributed by atoms with Crippen LogP contribution in [0.15, 0.2) is 76.0 Å². The number of carboxylic acids is 2. The fraction of sp³-hybridized carbons (Fsp3) is 0.207. The Kier molecular flexibility index (Phi) is 8.45. The molecule has 0 aliphatic rings. The highest BCUT2D eigenvalue weighted by molar-refractivity contribution is 7.89. The van der Waals surface area contributed by atoms with Crippen molar-refractivity contribution in [3.05, 3.63) is 78.1 Å². The van der Waals surface area contributed by atoms with Gasteiger partial charge in [-0.05, 0) is 60.4 Å². The van der Waals surface area contributed by atoms with Crippen LogP contribution in [0.2, 0.25) is 0 Å². The Balaban J connectivity index is 1.48. The zero-order chi connectivity index (χ0) is 29.9. The van der Waals surface area contributed by atoms with Crippen molar-refractivity contribution < 1.29 is 42.2 Å². The van der Waals surface area contributed by atoms with E-state index in [2.05, 4.69) is 10.0 Å². The summed E-state index contributed by atoms with van der Waals surface area (Å²) >= 11 is 0. The Hall–Kier alpha value is -4.68. The Labute approximate surface area is 235 Å². The van der Waals surface area contributed by atoms with Gasteiger partial charge in [0.2, 0.25) is 10.0 Å². The average molecular weight is 581 g/mol. The summed E-state index contributed by atoms with van der Waals surface area (Å²) < 4.78 is 38.6. The van der Waals surface area contributed by atoms with Crippen LogP contribution in [0.1, 0.15) is 30.0 Å². The lowest BCUT2D eigenvalue weighted by Gasteiger charge is -2.18. The molecule has 4 rings (SSSR count). The number of carboxylic acid groups (broad SMARTS) is 2. The second-order valence-electron chi connectivity index (χ2n) is 9.60. The van der Waals surface area contributed by atoms with Crippen LogP contribution in [0.3, 0.4) is 0 Å². The lowest BCUT2D eigenvalue weighted by atomic mass is 10.1. The first-order chi connectivity index (χ1) is 19.4. The molecule has 1 amide bonds. The summed E-state index contributed by atoms with van der Waals surface area (Å²) in [5.74, 6) is -2.96. The minimum Gasteiger partial charge on any atom is -0.481 e. The van der Waals surface area contributed by atoms with Crippen molar-refractivity contribution in [3.63, 3.8) is 0 Å². The molecule has 41 heavy (non-hydrogen) atoms. The minimum atomic E-state index is -4.04. The minimum absolute atomic E-state index is 0.0588. The standard InChI is InChI=1S/C29H28N2O9S/c1-16(2)26(29(35)36)31-41(37,38)21-13-9-19(10-14-21)18-7-11-20(12-8-18)30-28(34)27-17(3)25-22(39-15-24(32)33)5-4-6-23(25)40-27/h4-14,16,26,31H,15H2,1-3H3,(H,30,34)(H,32,33)(H,35,36). The van der Waals surface area contributed by atoms with Crippen molar-refractivity contribution in [1.82, 2.24) is 4.72 Å². The zero-order valence-electron chi connectivity index (χ0n) is 22.4. The fourth-order valence-electron chi connectivity index (χ4n) is 4.21. The number of ether oxygens (including phenoxy) is 1. The number of hydrogen-bond acceptors (Lipinski definition) is 7. The smallest absolute Gasteiger partial charge is 0.341 e. The summed E-state index contributed by atoms with van der Waals surface area (Å²) in [6.45, 7) is 4.38. The van der Waals surface area contributed by atoms with E-state index in [9.17, 15) is 27.9 Å². The molecule has 4 N–H and O–H groups in total. The molecule has 3 aromatic carbocycles. The molecule has 0 radical (unpaired) electrons. The maximum atomic E-state index is 13.0. The molecule has 4 aromatic rings. The highest BCUT2D eigenvalue weighted by atomic mass is 32.2. The summed E-state index contributed by atoms with van der Waals surface area (Å²) in [6.07, 6.45) is 0.